The van der Waals surface area contributed by atoms with Crippen molar-refractivity contribution in [1.29, 1.82) is 0 Å². The van der Waals surface area contributed by atoms with Crippen LogP contribution in [0.25, 0.3) is 11.1 Å². The van der Waals surface area contributed by atoms with E-state index in [2.05, 4.69) is 32.9 Å². The number of Topliss-reactive ketones (excluding diaryl/α,β-unsaturated/α-hetero) is 1. The zero-order valence-corrected chi connectivity index (χ0v) is 15.4. The Balaban J connectivity index is 1.96. The quantitative estimate of drug-likeness (QED) is 0.801. The van der Waals surface area contributed by atoms with Crippen molar-refractivity contribution < 1.29 is 9.90 Å². The van der Waals surface area contributed by atoms with Gasteiger partial charge in [0.2, 0.25) is 0 Å². The van der Waals surface area contributed by atoms with Crippen molar-refractivity contribution in [2.24, 2.45) is 23.7 Å². The minimum absolute atomic E-state index is 0.00286. The first-order valence-corrected chi connectivity index (χ1v) is 9.39. The van der Waals surface area contributed by atoms with E-state index in [0.29, 0.717) is 29.8 Å². The van der Waals surface area contributed by atoms with E-state index in [1.165, 1.54) is 0 Å². The number of rotatable bonds is 4. The maximum atomic E-state index is 13.1. The standard InChI is InChI=1S/C23H28O2/c1-15(2)18-13-12-16(3)20(23(18)25)14-21-19(10-7-11-22(21)24)17-8-5-4-6-9-17/h4-11,15-16,18,20,24H,12-14H2,1-3H3. The zero-order valence-electron chi connectivity index (χ0n) is 15.4. The number of carbonyl (C=O) groups is 1. The summed E-state index contributed by atoms with van der Waals surface area (Å²) in [6.07, 6.45) is 2.72. The van der Waals surface area contributed by atoms with Crippen LogP contribution in [0.1, 0.15) is 39.2 Å². The molecular weight excluding hydrogens is 308 g/mol. The van der Waals surface area contributed by atoms with Gasteiger partial charge in [-0.05, 0) is 48.3 Å². The molecule has 1 aliphatic carbocycles. The van der Waals surface area contributed by atoms with Crippen LogP contribution in [0.3, 0.4) is 0 Å². The molecule has 0 radical (unpaired) electrons. The predicted molar refractivity (Wildman–Crippen MR) is 102 cm³/mol. The SMILES string of the molecule is CC(C)C1CCC(C)C(Cc2c(O)cccc2-c2ccccc2)C1=O. The summed E-state index contributed by atoms with van der Waals surface area (Å²) in [5, 5.41) is 10.5. The molecule has 0 heterocycles. The van der Waals surface area contributed by atoms with Crippen molar-refractivity contribution in [2.45, 2.75) is 40.0 Å². The van der Waals surface area contributed by atoms with Gasteiger partial charge < -0.3 is 5.11 Å². The average molecular weight is 336 g/mol. The van der Waals surface area contributed by atoms with E-state index >= 15 is 0 Å². The van der Waals surface area contributed by atoms with Crippen molar-refractivity contribution in [1.82, 2.24) is 0 Å². The fourth-order valence-corrected chi connectivity index (χ4v) is 4.20. The van der Waals surface area contributed by atoms with Gasteiger partial charge in [-0.2, -0.15) is 0 Å². The first kappa shape index (κ1) is 17.7. The number of ketones is 1. The molecule has 3 rings (SSSR count). The lowest BCUT2D eigenvalue weighted by Crippen LogP contribution is -2.37. The summed E-state index contributed by atoms with van der Waals surface area (Å²) in [5.74, 6) is 1.60. The fraction of sp³-hybridized carbons (Fsp3) is 0.435. The van der Waals surface area contributed by atoms with Gasteiger partial charge in [-0.1, -0.05) is 63.2 Å². The highest BCUT2D eigenvalue weighted by Crippen LogP contribution is 2.39. The Morgan fingerprint density at radius 2 is 1.76 bits per heavy atom. The molecule has 3 atom stereocenters. The van der Waals surface area contributed by atoms with Crippen molar-refractivity contribution in [3.63, 3.8) is 0 Å². The molecule has 2 heteroatoms. The zero-order chi connectivity index (χ0) is 18.0. The second-order valence-corrected chi connectivity index (χ2v) is 7.79. The van der Waals surface area contributed by atoms with Gasteiger partial charge in [0.05, 0.1) is 0 Å². The van der Waals surface area contributed by atoms with E-state index < -0.39 is 0 Å². The maximum Gasteiger partial charge on any atom is 0.139 e. The van der Waals surface area contributed by atoms with E-state index in [1.54, 1.807) is 6.07 Å². The molecule has 2 nitrogen and oxygen atoms in total. The molecule has 1 aliphatic rings. The molecule has 0 spiro atoms. The maximum absolute atomic E-state index is 13.1. The molecule has 0 amide bonds. The van der Waals surface area contributed by atoms with E-state index in [0.717, 1.165) is 29.5 Å². The Hall–Kier alpha value is -2.09. The van der Waals surface area contributed by atoms with E-state index in [1.807, 2.05) is 30.3 Å². The van der Waals surface area contributed by atoms with Crippen molar-refractivity contribution in [3.05, 3.63) is 54.1 Å². The lowest BCUT2D eigenvalue weighted by Gasteiger charge is -2.35. The van der Waals surface area contributed by atoms with E-state index in [4.69, 9.17) is 0 Å². The molecule has 1 N–H and O–H groups in total. The monoisotopic (exact) mass is 336 g/mol. The molecule has 0 saturated heterocycles. The summed E-state index contributed by atoms with van der Waals surface area (Å²) in [6.45, 7) is 6.47. The van der Waals surface area contributed by atoms with Crippen LogP contribution in [0.4, 0.5) is 0 Å². The van der Waals surface area contributed by atoms with Crippen LogP contribution in [0, 0.1) is 23.7 Å². The highest BCUT2D eigenvalue weighted by atomic mass is 16.3. The third-order valence-electron chi connectivity index (χ3n) is 5.82. The Morgan fingerprint density at radius 1 is 1.04 bits per heavy atom. The van der Waals surface area contributed by atoms with E-state index in [9.17, 15) is 9.90 Å². The van der Waals surface area contributed by atoms with Gasteiger partial charge >= 0.3 is 0 Å². The molecule has 0 aromatic heterocycles. The van der Waals surface area contributed by atoms with Crippen LogP contribution in [0.2, 0.25) is 0 Å². The molecule has 25 heavy (non-hydrogen) atoms. The van der Waals surface area contributed by atoms with Crippen LogP contribution in [-0.2, 0) is 11.2 Å². The Labute approximate surface area is 150 Å². The topological polar surface area (TPSA) is 37.3 Å². The lowest BCUT2D eigenvalue weighted by atomic mass is 9.68. The highest BCUT2D eigenvalue weighted by Gasteiger charge is 2.37. The van der Waals surface area contributed by atoms with Gasteiger partial charge in [-0.15, -0.1) is 0 Å². The van der Waals surface area contributed by atoms with Crippen molar-refractivity contribution >= 4 is 5.78 Å². The third-order valence-corrected chi connectivity index (χ3v) is 5.82. The van der Waals surface area contributed by atoms with Crippen LogP contribution in [0.15, 0.2) is 48.5 Å². The first-order valence-electron chi connectivity index (χ1n) is 9.39. The largest absolute Gasteiger partial charge is 0.508 e. The predicted octanol–water partition coefficient (Wildman–Crippen LogP) is 5.49. The first-order chi connectivity index (χ1) is 12.0. The van der Waals surface area contributed by atoms with Crippen LogP contribution in [0.5, 0.6) is 5.75 Å². The van der Waals surface area contributed by atoms with Gasteiger partial charge in [-0.3, -0.25) is 4.79 Å². The molecule has 1 fully saturated rings. The number of phenolic OH excluding ortho intramolecular Hbond substituents is 1. The average Bonchev–Trinajstić information content (AvgIpc) is 2.60. The van der Waals surface area contributed by atoms with Crippen molar-refractivity contribution in [2.75, 3.05) is 0 Å². The molecule has 132 valence electrons. The molecule has 2 aromatic carbocycles. The number of phenols is 1. The lowest BCUT2D eigenvalue weighted by molar-refractivity contribution is -0.132. The molecule has 0 bridgehead atoms. The summed E-state index contributed by atoms with van der Waals surface area (Å²) < 4.78 is 0. The minimum Gasteiger partial charge on any atom is -0.508 e. The molecular formula is C23H28O2. The molecule has 0 aliphatic heterocycles. The highest BCUT2D eigenvalue weighted by molar-refractivity contribution is 5.85. The van der Waals surface area contributed by atoms with Gasteiger partial charge in [0, 0.05) is 17.4 Å². The Kier molecular flexibility index (Phi) is 5.27. The van der Waals surface area contributed by atoms with Crippen LogP contribution >= 0.6 is 0 Å². The summed E-state index contributed by atoms with van der Waals surface area (Å²) in [7, 11) is 0. The summed E-state index contributed by atoms with van der Waals surface area (Å²) in [6, 6.07) is 15.8. The normalized spacial score (nSPS) is 23.8. The van der Waals surface area contributed by atoms with Gasteiger partial charge in [0.25, 0.3) is 0 Å². The smallest absolute Gasteiger partial charge is 0.139 e. The van der Waals surface area contributed by atoms with Crippen LogP contribution in [-0.4, -0.2) is 10.9 Å². The minimum atomic E-state index is -0.00286. The molecule has 3 unspecified atom stereocenters. The van der Waals surface area contributed by atoms with Crippen LogP contribution < -0.4 is 0 Å². The summed E-state index contributed by atoms with van der Waals surface area (Å²) >= 11 is 0. The number of aromatic hydroxyl groups is 1. The number of hydrogen-bond acceptors (Lipinski definition) is 2. The van der Waals surface area contributed by atoms with Gasteiger partial charge in [-0.25, -0.2) is 0 Å². The summed E-state index contributed by atoms with van der Waals surface area (Å²) in [5.41, 5.74) is 3.03. The molecule has 1 saturated carbocycles. The Bertz CT molecular complexity index is 733. The second-order valence-electron chi connectivity index (χ2n) is 7.79. The fourth-order valence-electron chi connectivity index (χ4n) is 4.20. The van der Waals surface area contributed by atoms with Gasteiger partial charge in [0.15, 0.2) is 0 Å². The number of benzene rings is 2. The number of carbonyl (C=O) groups excluding carboxylic acids is 1. The molecule has 2 aromatic rings. The second kappa shape index (κ2) is 7.43. The van der Waals surface area contributed by atoms with Crippen molar-refractivity contribution in [3.8, 4) is 16.9 Å². The number of hydrogen-bond donors (Lipinski definition) is 1. The Morgan fingerprint density at radius 3 is 2.44 bits per heavy atom. The van der Waals surface area contributed by atoms with E-state index in [-0.39, 0.29) is 11.8 Å². The third kappa shape index (κ3) is 3.63. The summed E-state index contributed by atoms with van der Waals surface area (Å²) in [4.78, 5) is 13.1. The van der Waals surface area contributed by atoms with Gasteiger partial charge in [0.1, 0.15) is 11.5 Å².